The van der Waals surface area contributed by atoms with Crippen LogP contribution in [-0.2, 0) is 6.54 Å². The predicted molar refractivity (Wildman–Crippen MR) is 67.2 cm³/mol. The van der Waals surface area contributed by atoms with Gasteiger partial charge in [-0.3, -0.25) is 0 Å². The van der Waals surface area contributed by atoms with E-state index in [0.717, 1.165) is 10.0 Å². The molecule has 0 spiro atoms. The van der Waals surface area contributed by atoms with Crippen LogP contribution in [0, 0.1) is 6.92 Å². The Balaban J connectivity index is 2.24. The van der Waals surface area contributed by atoms with Crippen molar-refractivity contribution in [2.45, 2.75) is 13.5 Å². The molecule has 0 saturated carbocycles. The summed E-state index contributed by atoms with van der Waals surface area (Å²) in [7, 11) is 0. The second-order valence-corrected chi connectivity index (χ2v) is 4.65. The fourth-order valence-electron chi connectivity index (χ4n) is 1.56. The molecule has 88 valence electrons. The standard InChI is InChI=1S/C12H11BrN2O2/c1-8-14-11(12(16)17)7-15(8)6-9-2-4-10(13)5-3-9/h2-5,7H,6H2,1H3,(H,16,17). The van der Waals surface area contributed by atoms with E-state index in [9.17, 15) is 4.79 Å². The molecule has 0 saturated heterocycles. The minimum absolute atomic E-state index is 0.0830. The molecule has 0 amide bonds. The fourth-order valence-corrected chi connectivity index (χ4v) is 1.82. The van der Waals surface area contributed by atoms with E-state index in [1.165, 1.54) is 0 Å². The van der Waals surface area contributed by atoms with Crippen molar-refractivity contribution in [3.63, 3.8) is 0 Å². The number of aromatic nitrogens is 2. The highest BCUT2D eigenvalue weighted by Crippen LogP contribution is 2.13. The first-order chi connectivity index (χ1) is 8.06. The maximum atomic E-state index is 10.8. The number of rotatable bonds is 3. The van der Waals surface area contributed by atoms with Gasteiger partial charge in [0.2, 0.25) is 0 Å². The summed E-state index contributed by atoms with van der Waals surface area (Å²) in [6, 6.07) is 7.90. The Labute approximate surface area is 107 Å². The molecule has 1 heterocycles. The lowest BCUT2D eigenvalue weighted by molar-refractivity contribution is 0.0691. The molecule has 1 aromatic heterocycles. The van der Waals surface area contributed by atoms with Crippen LogP contribution in [-0.4, -0.2) is 20.6 Å². The SMILES string of the molecule is Cc1nc(C(=O)O)cn1Cc1ccc(Br)cc1. The number of aryl methyl sites for hydroxylation is 1. The highest BCUT2D eigenvalue weighted by molar-refractivity contribution is 9.10. The van der Waals surface area contributed by atoms with Crippen LogP contribution in [0.2, 0.25) is 0 Å². The maximum absolute atomic E-state index is 10.8. The van der Waals surface area contributed by atoms with Crippen molar-refractivity contribution in [2.75, 3.05) is 0 Å². The van der Waals surface area contributed by atoms with Gasteiger partial charge in [0.1, 0.15) is 5.82 Å². The molecule has 17 heavy (non-hydrogen) atoms. The largest absolute Gasteiger partial charge is 0.476 e. The number of carboxylic acids is 1. The van der Waals surface area contributed by atoms with Crippen LogP contribution in [0.3, 0.4) is 0 Å². The average molecular weight is 295 g/mol. The molecule has 0 fully saturated rings. The van der Waals surface area contributed by atoms with Gasteiger partial charge in [-0.1, -0.05) is 28.1 Å². The van der Waals surface area contributed by atoms with Gasteiger partial charge in [0.25, 0.3) is 0 Å². The van der Waals surface area contributed by atoms with E-state index in [2.05, 4.69) is 20.9 Å². The van der Waals surface area contributed by atoms with Crippen molar-refractivity contribution < 1.29 is 9.90 Å². The van der Waals surface area contributed by atoms with E-state index in [1.807, 2.05) is 28.8 Å². The van der Waals surface area contributed by atoms with Gasteiger partial charge in [0.15, 0.2) is 5.69 Å². The van der Waals surface area contributed by atoms with Gasteiger partial charge in [-0.25, -0.2) is 9.78 Å². The molecule has 0 radical (unpaired) electrons. The van der Waals surface area contributed by atoms with Gasteiger partial charge < -0.3 is 9.67 Å². The van der Waals surface area contributed by atoms with E-state index in [0.29, 0.717) is 12.4 Å². The number of hydrogen-bond donors (Lipinski definition) is 1. The molecule has 5 heteroatoms. The zero-order valence-corrected chi connectivity index (χ0v) is 10.8. The van der Waals surface area contributed by atoms with Crippen molar-refractivity contribution in [1.29, 1.82) is 0 Å². The lowest BCUT2D eigenvalue weighted by Gasteiger charge is -2.04. The van der Waals surface area contributed by atoms with Crippen LogP contribution in [0.4, 0.5) is 0 Å². The van der Waals surface area contributed by atoms with Gasteiger partial charge in [-0.15, -0.1) is 0 Å². The molecule has 0 aliphatic carbocycles. The minimum atomic E-state index is -0.998. The third kappa shape index (κ3) is 2.74. The molecule has 0 aliphatic rings. The van der Waals surface area contributed by atoms with Gasteiger partial charge in [-0.05, 0) is 24.6 Å². The summed E-state index contributed by atoms with van der Waals surface area (Å²) in [5, 5.41) is 8.84. The Bertz CT molecular complexity index is 546. The molecule has 1 aromatic carbocycles. The summed E-state index contributed by atoms with van der Waals surface area (Å²) in [4.78, 5) is 14.8. The highest BCUT2D eigenvalue weighted by atomic mass is 79.9. The summed E-state index contributed by atoms with van der Waals surface area (Å²) in [5.74, 6) is -0.298. The van der Waals surface area contributed by atoms with Crippen molar-refractivity contribution in [1.82, 2.24) is 9.55 Å². The van der Waals surface area contributed by atoms with Crippen LogP contribution in [0.25, 0.3) is 0 Å². The van der Waals surface area contributed by atoms with Crippen LogP contribution >= 0.6 is 15.9 Å². The molecule has 2 rings (SSSR count). The Morgan fingerprint density at radius 1 is 1.41 bits per heavy atom. The van der Waals surface area contributed by atoms with Crippen molar-refractivity contribution in [3.8, 4) is 0 Å². The molecule has 0 atom stereocenters. The summed E-state index contributed by atoms with van der Waals surface area (Å²) in [6.45, 7) is 2.42. The van der Waals surface area contributed by atoms with Crippen molar-refractivity contribution in [3.05, 3.63) is 52.0 Å². The van der Waals surface area contributed by atoms with E-state index in [1.54, 1.807) is 13.1 Å². The first-order valence-corrected chi connectivity index (χ1v) is 5.87. The number of imidazole rings is 1. The molecule has 0 unspecified atom stereocenters. The molecule has 2 aromatic rings. The molecular formula is C12H11BrN2O2. The summed E-state index contributed by atoms with van der Waals surface area (Å²) in [6.07, 6.45) is 1.56. The van der Waals surface area contributed by atoms with Gasteiger partial charge >= 0.3 is 5.97 Å². The summed E-state index contributed by atoms with van der Waals surface area (Å²) < 4.78 is 2.85. The average Bonchev–Trinajstić information content (AvgIpc) is 2.64. The molecule has 4 nitrogen and oxygen atoms in total. The summed E-state index contributed by atoms with van der Waals surface area (Å²) in [5.41, 5.74) is 1.19. The zero-order valence-electron chi connectivity index (χ0n) is 9.22. The Kier molecular flexibility index (Phi) is 3.28. The first-order valence-electron chi connectivity index (χ1n) is 5.08. The number of halogens is 1. The first kappa shape index (κ1) is 11.9. The smallest absolute Gasteiger partial charge is 0.356 e. The van der Waals surface area contributed by atoms with Gasteiger partial charge in [0, 0.05) is 17.2 Å². The van der Waals surface area contributed by atoms with E-state index >= 15 is 0 Å². The van der Waals surface area contributed by atoms with Crippen LogP contribution in [0.5, 0.6) is 0 Å². The van der Waals surface area contributed by atoms with Crippen LogP contribution in [0.15, 0.2) is 34.9 Å². The maximum Gasteiger partial charge on any atom is 0.356 e. The number of benzene rings is 1. The number of aromatic carboxylic acids is 1. The summed E-state index contributed by atoms with van der Waals surface area (Å²) >= 11 is 3.37. The van der Waals surface area contributed by atoms with Gasteiger partial charge in [-0.2, -0.15) is 0 Å². The monoisotopic (exact) mass is 294 g/mol. The third-order valence-corrected chi connectivity index (χ3v) is 2.99. The number of carbonyl (C=O) groups is 1. The Morgan fingerprint density at radius 3 is 2.59 bits per heavy atom. The normalized spacial score (nSPS) is 10.5. The third-order valence-electron chi connectivity index (χ3n) is 2.46. The zero-order chi connectivity index (χ0) is 12.4. The lowest BCUT2D eigenvalue weighted by Crippen LogP contribution is -2.00. The molecule has 0 aliphatic heterocycles. The molecule has 0 bridgehead atoms. The molecular weight excluding hydrogens is 284 g/mol. The van der Waals surface area contributed by atoms with Gasteiger partial charge in [0.05, 0.1) is 0 Å². The second-order valence-electron chi connectivity index (χ2n) is 3.73. The Hall–Kier alpha value is -1.62. The van der Waals surface area contributed by atoms with Crippen molar-refractivity contribution in [2.24, 2.45) is 0 Å². The van der Waals surface area contributed by atoms with Crippen molar-refractivity contribution >= 4 is 21.9 Å². The van der Waals surface area contributed by atoms with Crippen LogP contribution < -0.4 is 0 Å². The second kappa shape index (κ2) is 4.71. The molecule has 1 N–H and O–H groups in total. The van der Waals surface area contributed by atoms with E-state index in [-0.39, 0.29) is 5.69 Å². The Morgan fingerprint density at radius 2 is 2.06 bits per heavy atom. The minimum Gasteiger partial charge on any atom is -0.476 e. The highest BCUT2D eigenvalue weighted by Gasteiger charge is 2.10. The number of nitrogens with zero attached hydrogens (tertiary/aromatic N) is 2. The number of hydrogen-bond acceptors (Lipinski definition) is 2. The quantitative estimate of drug-likeness (QED) is 0.947. The van der Waals surface area contributed by atoms with E-state index < -0.39 is 5.97 Å². The predicted octanol–water partition coefficient (Wildman–Crippen LogP) is 2.70. The number of carboxylic acid groups (broad SMARTS) is 1. The van der Waals surface area contributed by atoms with E-state index in [4.69, 9.17) is 5.11 Å². The van der Waals surface area contributed by atoms with Crippen LogP contribution in [0.1, 0.15) is 21.9 Å². The fraction of sp³-hybridized carbons (Fsp3) is 0.167. The topological polar surface area (TPSA) is 55.1 Å². The lowest BCUT2D eigenvalue weighted by atomic mass is 10.2.